The lowest BCUT2D eigenvalue weighted by Crippen LogP contribution is -2.50. The molecule has 1 aromatic carbocycles. The Balaban J connectivity index is 1.33. The second-order valence-electron chi connectivity index (χ2n) is 10.3. The van der Waals surface area contributed by atoms with E-state index in [4.69, 9.17) is 16.3 Å². The van der Waals surface area contributed by atoms with Crippen molar-refractivity contribution >= 4 is 34.3 Å². The summed E-state index contributed by atoms with van der Waals surface area (Å²) in [5.74, 6) is -0.339. The van der Waals surface area contributed by atoms with E-state index in [0.29, 0.717) is 17.3 Å². The standard InChI is InChI=1S/C27H34ClN5O3/c28-20-8-7-19-15-25(33(24(19)16-20)10-9-32-11-13-36-14-12-32)27(35)30-22-4-2-1-3-21(22)26(34)31-23(17-29)18-5-6-18/h7-8,15-16,18,21-23H,1-6,9-14H2,(H,30,35)(H,31,34)/t21-,22+,23-/m1/s1. The predicted molar refractivity (Wildman–Crippen MR) is 138 cm³/mol. The molecule has 3 atom stereocenters. The molecule has 3 fully saturated rings. The van der Waals surface area contributed by atoms with Crippen LogP contribution in [0.4, 0.5) is 0 Å². The third kappa shape index (κ3) is 5.69. The van der Waals surface area contributed by atoms with Crippen LogP contribution in [-0.4, -0.2) is 66.2 Å². The first-order valence-electron chi connectivity index (χ1n) is 13.1. The minimum atomic E-state index is -0.428. The smallest absolute Gasteiger partial charge is 0.268 e. The first-order valence-corrected chi connectivity index (χ1v) is 13.5. The summed E-state index contributed by atoms with van der Waals surface area (Å²) in [4.78, 5) is 29.1. The zero-order valence-electron chi connectivity index (χ0n) is 20.5. The molecule has 0 bridgehead atoms. The number of ether oxygens (including phenoxy) is 1. The molecule has 1 saturated heterocycles. The third-order valence-corrected chi connectivity index (χ3v) is 8.03. The Morgan fingerprint density at radius 3 is 2.64 bits per heavy atom. The maximum absolute atomic E-state index is 13.6. The quantitative estimate of drug-likeness (QED) is 0.566. The summed E-state index contributed by atoms with van der Waals surface area (Å²) in [6.07, 6.45) is 5.36. The van der Waals surface area contributed by atoms with Crippen molar-refractivity contribution < 1.29 is 14.3 Å². The highest BCUT2D eigenvalue weighted by molar-refractivity contribution is 6.31. The van der Waals surface area contributed by atoms with Crippen molar-refractivity contribution in [2.24, 2.45) is 11.8 Å². The fraction of sp³-hybridized carbons (Fsp3) is 0.593. The second-order valence-corrected chi connectivity index (χ2v) is 10.7. The van der Waals surface area contributed by atoms with Crippen LogP contribution in [0.5, 0.6) is 0 Å². The van der Waals surface area contributed by atoms with E-state index in [-0.39, 0.29) is 29.7 Å². The summed E-state index contributed by atoms with van der Waals surface area (Å²) in [5, 5.41) is 17.2. The number of fused-ring (bicyclic) bond motifs is 1. The van der Waals surface area contributed by atoms with Crippen LogP contribution in [0.2, 0.25) is 5.02 Å². The minimum absolute atomic E-state index is 0.113. The Kier molecular flexibility index (Phi) is 7.80. The molecular weight excluding hydrogens is 478 g/mol. The van der Waals surface area contributed by atoms with Crippen molar-refractivity contribution in [1.29, 1.82) is 5.26 Å². The number of benzene rings is 1. The molecule has 3 aliphatic rings. The highest BCUT2D eigenvalue weighted by Crippen LogP contribution is 2.33. The van der Waals surface area contributed by atoms with Crippen LogP contribution >= 0.6 is 11.6 Å². The highest BCUT2D eigenvalue weighted by atomic mass is 35.5. The van der Waals surface area contributed by atoms with E-state index < -0.39 is 6.04 Å². The number of carbonyl (C=O) groups excluding carboxylic acids is 2. The van der Waals surface area contributed by atoms with Crippen molar-refractivity contribution in [1.82, 2.24) is 20.1 Å². The Labute approximate surface area is 216 Å². The van der Waals surface area contributed by atoms with Crippen LogP contribution in [0.25, 0.3) is 10.9 Å². The van der Waals surface area contributed by atoms with Gasteiger partial charge in [0.25, 0.3) is 5.91 Å². The summed E-state index contributed by atoms with van der Waals surface area (Å²) in [6, 6.07) is 9.16. The number of nitrogens with one attached hydrogen (secondary N) is 2. The largest absolute Gasteiger partial charge is 0.379 e. The number of hydrogen-bond acceptors (Lipinski definition) is 5. The maximum Gasteiger partial charge on any atom is 0.268 e. The lowest BCUT2D eigenvalue weighted by Gasteiger charge is -2.32. The monoisotopic (exact) mass is 511 g/mol. The number of hydrogen-bond donors (Lipinski definition) is 2. The number of aromatic nitrogens is 1. The summed E-state index contributed by atoms with van der Waals surface area (Å²) < 4.78 is 7.51. The fourth-order valence-electron chi connectivity index (χ4n) is 5.53. The van der Waals surface area contributed by atoms with Gasteiger partial charge in [0.1, 0.15) is 11.7 Å². The van der Waals surface area contributed by atoms with E-state index in [1.54, 1.807) is 0 Å². The van der Waals surface area contributed by atoms with Gasteiger partial charge in [-0.1, -0.05) is 30.5 Å². The van der Waals surface area contributed by atoms with Gasteiger partial charge in [-0.2, -0.15) is 5.26 Å². The SMILES string of the molecule is N#C[C@@H](NC(=O)[C@@H]1CCCC[C@@H]1NC(=O)c1cc2ccc(Cl)cc2n1CCN1CCOCC1)C1CC1. The molecule has 2 amide bonds. The normalized spacial score (nSPS) is 23.7. The molecule has 8 nitrogen and oxygen atoms in total. The van der Waals surface area contributed by atoms with Crippen LogP contribution < -0.4 is 10.6 Å². The number of morpholine rings is 1. The van der Waals surface area contributed by atoms with Crippen molar-refractivity contribution in [3.8, 4) is 6.07 Å². The Morgan fingerprint density at radius 2 is 1.89 bits per heavy atom. The van der Waals surface area contributed by atoms with Gasteiger partial charge in [-0.15, -0.1) is 0 Å². The Hall–Kier alpha value is -2.60. The van der Waals surface area contributed by atoms with Crippen LogP contribution in [0, 0.1) is 23.2 Å². The summed E-state index contributed by atoms with van der Waals surface area (Å²) in [7, 11) is 0. The average molecular weight is 512 g/mol. The summed E-state index contributed by atoms with van der Waals surface area (Å²) in [6.45, 7) is 4.68. The van der Waals surface area contributed by atoms with Crippen LogP contribution in [-0.2, 0) is 16.1 Å². The number of halogens is 1. The van der Waals surface area contributed by atoms with E-state index in [1.165, 1.54) is 0 Å². The molecule has 9 heteroatoms. The molecule has 2 aromatic rings. The Bertz CT molecular complexity index is 1150. The summed E-state index contributed by atoms with van der Waals surface area (Å²) in [5.41, 5.74) is 1.51. The van der Waals surface area contributed by atoms with Gasteiger partial charge in [-0.3, -0.25) is 14.5 Å². The van der Waals surface area contributed by atoms with Crippen molar-refractivity contribution in [2.45, 2.75) is 57.2 Å². The molecule has 192 valence electrons. The zero-order chi connectivity index (χ0) is 25.1. The molecule has 0 unspecified atom stereocenters. The Morgan fingerprint density at radius 1 is 1.11 bits per heavy atom. The highest BCUT2D eigenvalue weighted by Gasteiger charge is 2.37. The molecule has 2 heterocycles. The van der Waals surface area contributed by atoms with E-state index in [1.807, 2.05) is 28.8 Å². The molecule has 5 rings (SSSR count). The number of carbonyl (C=O) groups is 2. The topological polar surface area (TPSA) is 99.4 Å². The van der Waals surface area contributed by atoms with Crippen LogP contribution in [0.15, 0.2) is 24.3 Å². The molecule has 0 spiro atoms. The second kappa shape index (κ2) is 11.2. The van der Waals surface area contributed by atoms with Gasteiger partial charge in [0.05, 0.1) is 30.7 Å². The minimum Gasteiger partial charge on any atom is -0.379 e. The molecule has 36 heavy (non-hydrogen) atoms. The first-order chi connectivity index (χ1) is 17.5. The summed E-state index contributed by atoms with van der Waals surface area (Å²) >= 11 is 6.31. The number of rotatable bonds is 8. The van der Waals surface area contributed by atoms with Crippen molar-refractivity contribution in [2.75, 3.05) is 32.8 Å². The molecule has 1 aliphatic heterocycles. The third-order valence-electron chi connectivity index (χ3n) is 7.79. The van der Waals surface area contributed by atoms with Crippen LogP contribution in [0.3, 0.4) is 0 Å². The van der Waals surface area contributed by atoms with Gasteiger partial charge in [0.15, 0.2) is 0 Å². The predicted octanol–water partition coefficient (Wildman–Crippen LogP) is 3.33. The average Bonchev–Trinajstić information content (AvgIpc) is 3.68. The molecule has 2 aliphatic carbocycles. The maximum atomic E-state index is 13.6. The number of amides is 2. The zero-order valence-corrected chi connectivity index (χ0v) is 21.3. The molecule has 2 N–H and O–H groups in total. The number of nitrogens with zero attached hydrogens (tertiary/aromatic N) is 3. The number of nitriles is 1. The van der Waals surface area contributed by atoms with E-state index >= 15 is 0 Å². The van der Waals surface area contributed by atoms with Crippen LogP contribution in [0.1, 0.15) is 49.0 Å². The van der Waals surface area contributed by atoms with Gasteiger partial charge in [0.2, 0.25) is 5.91 Å². The van der Waals surface area contributed by atoms with Gasteiger partial charge in [-0.25, -0.2) is 0 Å². The van der Waals surface area contributed by atoms with E-state index in [0.717, 1.165) is 82.3 Å². The first kappa shape index (κ1) is 25.1. The van der Waals surface area contributed by atoms with Gasteiger partial charge < -0.3 is 19.9 Å². The molecule has 0 radical (unpaired) electrons. The fourth-order valence-corrected chi connectivity index (χ4v) is 5.69. The van der Waals surface area contributed by atoms with Gasteiger partial charge in [-0.05, 0) is 49.8 Å². The molecular formula is C27H34ClN5O3. The molecule has 1 aromatic heterocycles. The van der Waals surface area contributed by atoms with Gasteiger partial charge in [0, 0.05) is 42.6 Å². The van der Waals surface area contributed by atoms with Crippen molar-refractivity contribution in [3.63, 3.8) is 0 Å². The molecule has 2 saturated carbocycles. The lowest BCUT2D eigenvalue weighted by molar-refractivity contribution is -0.127. The van der Waals surface area contributed by atoms with Crippen molar-refractivity contribution in [3.05, 3.63) is 35.0 Å². The van der Waals surface area contributed by atoms with E-state index in [2.05, 4.69) is 21.6 Å². The van der Waals surface area contributed by atoms with E-state index in [9.17, 15) is 14.9 Å². The lowest BCUT2D eigenvalue weighted by atomic mass is 9.83. The van der Waals surface area contributed by atoms with Gasteiger partial charge >= 0.3 is 0 Å².